The van der Waals surface area contributed by atoms with E-state index in [2.05, 4.69) is 10.3 Å². The third-order valence-electron chi connectivity index (χ3n) is 4.02. The maximum absolute atomic E-state index is 12.0. The summed E-state index contributed by atoms with van der Waals surface area (Å²) < 4.78 is 11.1. The van der Waals surface area contributed by atoms with E-state index in [0.29, 0.717) is 24.3 Å². The van der Waals surface area contributed by atoms with Crippen LogP contribution >= 0.6 is 0 Å². The van der Waals surface area contributed by atoms with Gasteiger partial charge in [0.15, 0.2) is 12.1 Å². The van der Waals surface area contributed by atoms with Crippen LogP contribution in [0.3, 0.4) is 0 Å². The predicted octanol–water partition coefficient (Wildman–Crippen LogP) is 2.63. The molecule has 0 aromatic carbocycles. The molecular weight excluding hydrogens is 256 g/mol. The molecule has 0 atom stereocenters. The fourth-order valence-corrected chi connectivity index (χ4v) is 2.72. The molecule has 0 saturated heterocycles. The van der Waals surface area contributed by atoms with Crippen molar-refractivity contribution in [1.82, 2.24) is 10.3 Å². The molecule has 2 aliphatic carbocycles. The first kappa shape index (κ1) is 13.6. The lowest BCUT2D eigenvalue weighted by molar-refractivity contribution is 0.0565. The van der Waals surface area contributed by atoms with Crippen LogP contribution in [0.15, 0.2) is 10.8 Å². The second kappa shape index (κ2) is 6.39. The molecule has 0 unspecified atom stereocenters. The summed E-state index contributed by atoms with van der Waals surface area (Å²) in [6.07, 6.45) is 9.82. The van der Waals surface area contributed by atoms with Gasteiger partial charge in [0.2, 0.25) is 0 Å². The monoisotopic (exact) mass is 278 g/mol. The lowest BCUT2D eigenvalue weighted by Gasteiger charge is -2.10. The van der Waals surface area contributed by atoms with Gasteiger partial charge in [-0.2, -0.15) is 0 Å². The van der Waals surface area contributed by atoms with Gasteiger partial charge in [-0.25, -0.2) is 4.98 Å². The zero-order valence-corrected chi connectivity index (χ0v) is 11.8. The molecule has 2 saturated carbocycles. The van der Waals surface area contributed by atoms with E-state index in [4.69, 9.17) is 9.15 Å². The minimum Gasteiger partial charge on any atom is -0.447 e. The Bertz CT molecular complexity index is 448. The normalized spacial score (nSPS) is 19.4. The van der Waals surface area contributed by atoms with E-state index in [9.17, 15) is 4.79 Å². The first-order chi connectivity index (χ1) is 9.84. The Labute approximate surface area is 119 Å². The summed E-state index contributed by atoms with van der Waals surface area (Å²) in [4.78, 5) is 16.0. The number of nitrogens with zero attached hydrogens (tertiary/aromatic N) is 1. The largest absolute Gasteiger partial charge is 0.447 e. The number of hydrogen-bond acceptors (Lipinski definition) is 4. The summed E-state index contributed by atoms with van der Waals surface area (Å²) in [7, 11) is 0. The van der Waals surface area contributed by atoms with Crippen LogP contribution in [0.2, 0.25) is 0 Å². The average Bonchev–Trinajstić information content (AvgIpc) is 2.98. The van der Waals surface area contributed by atoms with Crippen molar-refractivity contribution in [1.29, 1.82) is 0 Å². The molecule has 2 fully saturated rings. The van der Waals surface area contributed by atoms with Crippen LogP contribution in [0.4, 0.5) is 0 Å². The van der Waals surface area contributed by atoms with Gasteiger partial charge in [-0.15, -0.1) is 0 Å². The molecule has 1 aromatic rings. The fourth-order valence-electron chi connectivity index (χ4n) is 2.72. The number of nitrogens with one attached hydrogen (secondary N) is 1. The van der Waals surface area contributed by atoms with Crippen molar-refractivity contribution in [2.75, 3.05) is 13.2 Å². The Morgan fingerprint density at radius 1 is 1.35 bits per heavy atom. The van der Waals surface area contributed by atoms with Crippen LogP contribution in [0.5, 0.6) is 0 Å². The number of rotatable bonds is 7. The van der Waals surface area contributed by atoms with Crippen LogP contribution in [0.1, 0.15) is 67.1 Å². The molecule has 3 rings (SSSR count). The Morgan fingerprint density at radius 2 is 2.15 bits per heavy atom. The Balaban J connectivity index is 1.35. The van der Waals surface area contributed by atoms with Gasteiger partial charge in [-0.05, 0) is 32.1 Å². The number of carbonyl (C=O) groups excluding carboxylic acids is 1. The maximum atomic E-state index is 12.0. The third kappa shape index (κ3) is 3.39. The van der Waals surface area contributed by atoms with Gasteiger partial charge in [0.05, 0.1) is 6.10 Å². The van der Waals surface area contributed by atoms with Crippen LogP contribution < -0.4 is 5.32 Å². The smallest absolute Gasteiger partial charge is 0.273 e. The highest BCUT2D eigenvalue weighted by molar-refractivity contribution is 5.93. The van der Waals surface area contributed by atoms with Crippen molar-refractivity contribution in [2.24, 2.45) is 0 Å². The number of carbonyl (C=O) groups is 1. The Morgan fingerprint density at radius 3 is 2.90 bits per heavy atom. The van der Waals surface area contributed by atoms with E-state index in [1.165, 1.54) is 32.1 Å². The Hall–Kier alpha value is -1.36. The minimum absolute atomic E-state index is 0.124. The third-order valence-corrected chi connectivity index (χ3v) is 4.02. The highest BCUT2D eigenvalue weighted by atomic mass is 16.5. The lowest BCUT2D eigenvalue weighted by Crippen LogP contribution is -2.26. The standard InChI is InChI=1S/C15H22N2O3/c18-15(13-14(11-6-7-11)20-10-17-13)16-8-3-9-19-12-4-1-2-5-12/h10-12H,1-9H2,(H,16,18). The van der Waals surface area contributed by atoms with Gasteiger partial charge < -0.3 is 14.5 Å². The molecule has 2 aliphatic rings. The van der Waals surface area contributed by atoms with Gasteiger partial charge in [0.1, 0.15) is 5.76 Å². The number of amides is 1. The summed E-state index contributed by atoms with van der Waals surface area (Å²) in [5.74, 6) is 1.04. The summed E-state index contributed by atoms with van der Waals surface area (Å²) >= 11 is 0. The molecule has 0 radical (unpaired) electrons. The zero-order chi connectivity index (χ0) is 13.8. The lowest BCUT2D eigenvalue weighted by atomic mass is 10.2. The number of ether oxygens (including phenoxy) is 1. The molecule has 0 bridgehead atoms. The van der Waals surface area contributed by atoms with E-state index in [1.807, 2.05) is 0 Å². The van der Waals surface area contributed by atoms with Crippen molar-refractivity contribution in [2.45, 2.75) is 57.0 Å². The highest BCUT2D eigenvalue weighted by Gasteiger charge is 2.32. The number of hydrogen-bond donors (Lipinski definition) is 1. The van der Waals surface area contributed by atoms with Gasteiger partial charge in [0.25, 0.3) is 5.91 Å². The van der Waals surface area contributed by atoms with Gasteiger partial charge >= 0.3 is 0 Å². The van der Waals surface area contributed by atoms with Gasteiger partial charge in [-0.3, -0.25) is 4.79 Å². The molecule has 5 nitrogen and oxygen atoms in total. The highest BCUT2D eigenvalue weighted by Crippen LogP contribution is 2.41. The van der Waals surface area contributed by atoms with E-state index in [0.717, 1.165) is 31.6 Å². The van der Waals surface area contributed by atoms with Crippen molar-refractivity contribution < 1.29 is 13.9 Å². The molecule has 1 amide bonds. The summed E-state index contributed by atoms with van der Waals surface area (Å²) in [5.41, 5.74) is 0.462. The molecule has 1 heterocycles. The van der Waals surface area contributed by atoms with Crippen molar-refractivity contribution in [3.8, 4) is 0 Å². The van der Waals surface area contributed by atoms with Crippen molar-refractivity contribution in [3.05, 3.63) is 17.8 Å². The van der Waals surface area contributed by atoms with E-state index in [-0.39, 0.29) is 5.91 Å². The van der Waals surface area contributed by atoms with Gasteiger partial charge in [-0.1, -0.05) is 12.8 Å². The number of oxazole rings is 1. The molecule has 20 heavy (non-hydrogen) atoms. The molecular formula is C15H22N2O3. The molecule has 0 spiro atoms. The fraction of sp³-hybridized carbons (Fsp3) is 0.733. The quantitative estimate of drug-likeness (QED) is 0.779. The second-order valence-electron chi connectivity index (χ2n) is 5.73. The molecule has 1 N–H and O–H groups in total. The van der Waals surface area contributed by atoms with E-state index in [1.54, 1.807) is 0 Å². The first-order valence-electron chi connectivity index (χ1n) is 7.68. The molecule has 5 heteroatoms. The minimum atomic E-state index is -0.124. The molecule has 1 aromatic heterocycles. The maximum Gasteiger partial charge on any atom is 0.273 e. The van der Waals surface area contributed by atoms with E-state index >= 15 is 0 Å². The topological polar surface area (TPSA) is 64.4 Å². The SMILES string of the molecule is O=C(NCCCOC1CCCC1)c1ncoc1C1CC1. The van der Waals surface area contributed by atoms with Crippen molar-refractivity contribution in [3.63, 3.8) is 0 Å². The summed E-state index contributed by atoms with van der Waals surface area (Å²) in [5, 5.41) is 2.89. The Kier molecular flexibility index (Phi) is 4.35. The van der Waals surface area contributed by atoms with Crippen LogP contribution in [-0.4, -0.2) is 30.1 Å². The summed E-state index contributed by atoms with van der Waals surface area (Å²) in [6.45, 7) is 1.35. The van der Waals surface area contributed by atoms with E-state index < -0.39 is 0 Å². The average molecular weight is 278 g/mol. The molecule has 110 valence electrons. The van der Waals surface area contributed by atoms with Crippen LogP contribution in [0, 0.1) is 0 Å². The van der Waals surface area contributed by atoms with Crippen LogP contribution in [0.25, 0.3) is 0 Å². The van der Waals surface area contributed by atoms with Crippen LogP contribution in [-0.2, 0) is 4.74 Å². The first-order valence-corrected chi connectivity index (χ1v) is 7.68. The summed E-state index contributed by atoms with van der Waals surface area (Å²) in [6, 6.07) is 0. The number of aromatic nitrogens is 1. The van der Waals surface area contributed by atoms with Gasteiger partial charge in [0, 0.05) is 19.1 Å². The second-order valence-corrected chi connectivity index (χ2v) is 5.73. The van der Waals surface area contributed by atoms with Crippen molar-refractivity contribution >= 4 is 5.91 Å². The predicted molar refractivity (Wildman–Crippen MR) is 73.6 cm³/mol. The molecule has 0 aliphatic heterocycles. The zero-order valence-electron chi connectivity index (χ0n) is 11.8.